The fourth-order valence-corrected chi connectivity index (χ4v) is 1.84. The molecule has 0 saturated heterocycles. The Morgan fingerprint density at radius 2 is 1.56 bits per heavy atom. The number of methoxy groups -OCH3 is 1. The van der Waals surface area contributed by atoms with E-state index in [0.717, 1.165) is 19.6 Å². The van der Waals surface area contributed by atoms with Crippen molar-refractivity contribution in [2.45, 2.75) is 71.3 Å². The molecule has 2 nitrogen and oxygen atoms in total. The van der Waals surface area contributed by atoms with Crippen LogP contribution >= 0.6 is 0 Å². The van der Waals surface area contributed by atoms with E-state index in [1.165, 1.54) is 44.9 Å². The van der Waals surface area contributed by atoms with Crippen molar-refractivity contribution in [2.75, 3.05) is 20.3 Å². The Hall–Kier alpha value is -0.0800. The number of hydrogen-bond donors (Lipinski definition) is 0. The molecule has 98 valence electrons. The van der Waals surface area contributed by atoms with Gasteiger partial charge in [0.1, 0.15) is 0 Å². The van der Waals surface area contributed by atoms with Crippen LogP contribution in [-0.2, 0) is 9.47 Å². The van der Waals surface area contributed by atoms with Gasteiger partial charge in [0, 0.05) is 20.3 Å². The molecule has 2 heteroatoms. The summed E-state index contributed by atoms with van der Waals surface area (Å²) >= 11 is 0. The van der Waals surface area contributed by atoms with Crippen LogP contribution in [0.2, 0.25) is 0 Å². The van der Waals surface area contributed by atoms with Crippen LogP contribution in [0.4, 0.5) is 0 Å². The third kappa shape index (κ3) is 10.4. The van der Waals surface area contributed by atoms with Crippen molar-refractivity contribution in [1.29, 1.82) is 0 Å². The van der Waals surface area contributed by atoms with Gasteiger partial charge in [-0.2, -0.15) is 0 Å². The lowest BCUT2D eigenvalue weighted by Gasteiger charge is -2.16. The lowest BCUT2D eigenvalue weighted by Crippen LogP contribution is -2.13. The zero-order valence-corrected chi connectivity index (χ0v) is 11.5. The van der Waals surface area contributed by atoms with Crippen LogP contribution in [0.15, 0.2) is 0 Å². The summed E-state index contributed by atoms with van der Waals surface area (Å²) in [6.07, 6.45) is 10.3. The van der Waals surface area contributed by atoms with Gasteiger partial charge in [0.05, 0.1) is 6.10 Å². The van der Waals surface area contributed by atoms with Crippen LogP contribution in [0.3, 0.4) is 0 Å². The molecule has 0 N–H and O–H groups in total. The lowest BCUT2D eigenvalue weighted by atomic mass is 10.1. The van der Waals surface area contributed by atoms with Gasteiger partial charge in [-0.05, 0) is 32.1 Å². The second kappa shape index (κ2) is 13.0. The van der Waals surface area contributed by atoms with E-state index in [1.54, 1.807) is 7.11 Å². The van der Waals surface area contributed by atoms with E-state index in [2.05, 4.69) is 13.8 Å². The summed E-state index contributed by atoms with van der Waals surface area (Å²) in [5.41, 5.74) is 0. The Morgan fingerprint density at radius 1 is 0.812 bits per heavy atom. The van der Waals surface area contributed by atoms with Gasteiger partial charge >= 0.3 is 0 Å². The molecule has 1 unspecified atom stereocenters. The molecule has 0 aromatic heterocycles. The third-order valence-electron chi connectivity index (χ3n) is 2.84. The summed E-state index contributed by atoms with van der Waals surface area (Å²) in [6, 6.07) is 0. The van der Waals surface area contributed by atoms with Gasteiger partial charge < -0.3 is 9.47 Å². The first-order chi connectivity index (χ1) is 7.85. The van der Waals surface area contributed by atoms with E-state index >= 15 is 0 Å². The van der Waals surface area contributed by atoms with Crippen LogP contribution < -0.4 is 0 Å². The van der Waals surface area contributed by atoms with Crippen LogP contribution in [0.25, 0.3) is 0 Å². The summed E-state index contributed by atoms with van der Waals surface area (Å²) < 4.78 is 10.9. The largest absolute Gasteiger partial charge is 0.385 e. The Labute approximate surface area is 102 Å². The average Bonchev–Trinajstić information content (AvgIpc) is 2.30. The maximum absolute atomic E-state index is 5.92. The van der Waals surface area contributed by atoms with Crippen molar-refractivity contribution in [3.8, 4) is 0 Å². The first kappa shape index (κ1) is 15.9. The van der Waals surface area contributed by atoms with Crippen molar-refractivity contribution in [3.63, 3.8) is 0 Å². The molecular formula is C14H30O2. The van der Waals surface area contributed by atoms with Crippen molar-refractivity contribution in [2.24, 2.45) is 0 Å². The SMILES string of the molecule is CCCCC(CCC)OCCCCCOC. The fraction of sp³-hybridized carbons (Fsp3) is 1.00. The fourth-order valence-electron chi connectivity index (χ4n) is 1.84. The van der Waals surface area contributed by atoms with E-state index in [-0.39, 0.29) is 0 Å². The number of ether oxygens (including phenoxy) is 2. The van der Waals surface area contributed by atoms with Crippen LogP contribution in [-0.4, -0.2) is 26.4 Å². The molecule has 0 saturated carbocycles. The quantitative estimate of drug-likeness (QED) is 0.468. The molecule has 0 aliphatic carbocycles. The maximum Gasteiger partial charge on any atom is 0.0575 e. The van der Waals surface area contributed by atoms with Crippen LogP contribution in [0.5, 0.6) is 0 Å². The molecule has 0 bridgehead atoms. The summed E-state index contributed by atoms with van der Waals surface area (Å²) in [6.45, 7) is 6.29. The molecule has 0 aliphatic heterocycles. The minimum Gasteiger partial charge on any atom is -0.385 e. The molecule has 0 aliphatic rings. The molecule has 0 aromatic carbocycles. The minimum absolute atomic E-state index is 0.507. The first-order valence-corrected chi connectivity index (χ1v) is 6.95. The normalized spacial score (nSPS) is 12.9. The molecule has 0 amide bonds. The van der Waals surface area contributed by atoms with Crippen molar-refractivity contribution >= 4 is 0 Å². The molecule has 0 radical (unpaired) electrons. The summed E-state index contributed by atoms with van der Waals surface area (Å²) in [5, 5.41) is 0. The van der Waals surface area contributed by atoms with Gasteiger partial charge in [0.25, 0.3) is 0 Å². The highest BCUT2D eigenvalue weighted by Crippen LogP contribution is 2.11. The van der Waals surface area contributed by atoms with Crippen molar-refractivity contribution in [3.05, 3.63) is 0 Å². The zero-order chi connectivity index (χ0) is 12.1. The average molecular weight is 230 g/mol. The molecule has 0 heterocycles. The monoisotopic (exact) mass is 230 g/mol. The van der Waals surface area contributed by atoms with Gasteiger partial charge in [-0.1, -0.05) is 33.1 Å². The summed E-state index contributed by atoms with van der Waals surface area (Å²) in [4.78, 5) is 0. The molecule has 16 heavy (non-hydrogen) atoms. The molecular weight excluding hydrogens is 200 g/mol. The predicted octanol–water partition coefficient (Wildman–Crippen LogP) is 4.18. The van der Waals surface area contributed by atoms with E-state index in [4.69, 9.17) is 9.47 Å². The topological polar surface area (TPSA) is 18.5 Å². The Morgan fingerprint density at radius 3 is 2.19 bits per heavy atom. The summed E-state index contributed by atoms with van der Waals surface area (Å²) in [7, 11) is 1.76. The predicted molar refractivity (Wildman–Crippen MR) is 69.9 cm³/mol. The van der Waals surface area contributed by atoms with Gasteiger partial charge in [0.2, 0.25) is 0 Å². The van der Waals surface area contributed by atoms with Gasteiger partial charge in [0.15, 0.2) is 0 Å². The Bertz CT molecular complexity index is 126. The minimum atomic E-state index is 0.507. The highest BCUT2D eigenvalue weighted by Gasteiger charge is 2.06. The summed E-state index contributed by atoms with van der Waals surface area (Å²) in [5.74, 6) is 0. The third-order valence-corrected chi connectivity index (χ3v) is 2.84. The molecule has 0 rings (SSSR count). The maximum atomic E-state index is 5.92. The highest BCUT2D eigenvalue weighted by atomic mass is 16.5. The van der Waals surface area contributed by atoms with Crippen LogP contribution in [0, 0.1) is 0 Å². The van der Waals surface area contributed by atoms with Gasteiger partial charge in [-0.15, -0.1) is 0 Å². The zero-order valence-electron chi connectivity index (χ0n) is 11.5. The molecule has 0 fully saturated rings. The second-order valence-electron chi connectivity index (χ2n) is 4.48. The number of hydrogen-bond acceptors (Lipinski definition) is 2. The van der Waals surface area contributed by atoms with Crippen molar-refractivity contribution < 1.29 is 9.47 Å². The van der Waals surface area contributed by atoms with E-state index < -0.39 is 0 Å². The smallest absolute Gasteiger partial charge is 0.0575 e. The number of rotatable bonds is 12. The molecule has 0 spiro atoms. The first-order valence-electron chi connectivity index (χ1n) is 6.95. The Kier molecular flexibility index (Phi) is 12.9. The van der Waals surface area contributed by atoms with E-state index in [0.29, 0.717) is 6.10 Å². The van der Waals surface area contributed by atoms with Gasteiger partial charge in [-0.25, -0.2) is 0 Å². The second-order valence-corrected chi connectivity index (χ2v) is 4.48. The molecule has 1 atom stereocenters. The van der Waals surface area contributed by atoms with E-state index in [9.17, 15) is 0 Å². The highest BCUT2D eigenvalue weighted by molar-refractivity contribution is 4.57. The standard InChI is InChI=1S/C14H30O2/c1-4-6-11-14(10-5-2)16-13-9-7-8-12-15-3/h14H,4-13H2,1-3H3. The molecule has 0 aromatic rings. The van der Waals surface area contributed by atoms with Gasteiger partial charge in [-0.3, -0.25) is 0 Å². The number of unbranched alkanes of at least 4 members (excludes halogenated alkanes) is 3. The lowest BCUT2D eigenvalue weighted by molar-refractivity contribution is 0.0366. The van der Waals surface area contributed by atoms with Crippen molar-refractivity contribution in [1.82, 2.24) is 0 Å². The van der Waals surface area contributed by atoms with E-state index in [1.807, 2.05) is 0 Å². The Balaban J connectivity index is 3.36. The van der Waals surface area contributed by atoms with Crippen LogP contribution in [0.1, 0.15) is 65.2 Å².